The van der Waals surface area contributed by atoms with Crippen molar-refractivity contribution in [1.29, 1.82) is 0 Å². The average Bonchev–Trinajstić information content (AvgIpc) is 2.99. The first-order valence-electron chi connectivity index (χ1n) is 6.08. The van der Waals surface area contributed by atoms with Crippen LogP contribution < -0.4 is 5.73 Å². The van der Waals surface area contributed by atoms with Crippen molar-refractivity contribution in [2.45, 2.75) is 56.9 Å². The molecule has 13 heavy (non-hydrogen) atoms. The fraction of sp³-hybridized carbons (Fsp3) is 1.00. The van der Waals surface area contributed by atoms with Crippen LogP contribution in [0.15, 0.2) is 0 Å². The Morgan fingerprint density at radius 2 is 1.69 bits per heavy atom. The van der Waals surface area contributed by atoms with Crippen molar-refractivity contribution in [2.75, 3.05) is 0 Å². The van der Waals surface area contributed by atoms with Gasteiger partial charge >= 0.3 is 0 Å². The Morgan fingerprint density at radius 3 is 2.31 bits per heavy atom. The minimum atomic E-state index is 0.283. The van der Waals surface area contributed by atoms with Crippen LogP contribution in [0.5, 0.6) is 0 Å². The van der Waals surface area contributed by atoms with Crippen molar-refractivity contribution in [1.82, 2.24) is 0 Å². The van der Waals surface area contributed by atoms with E-state index >= 15 is 0 Å². The van der Waals surface area contributed by atoms with Crippen molar-refractivity contribution >= 4 is 0 Å². The van der Waals surface area contributed by atoms with Gasteiger partial charge in [0.1, 0.15) is 0 Å². The quantitative estimate of drug-likeness (QED) is 0.693. The fourth-order valence-electron chi connectivity index (χ4n) is 3.50. The van der Waals surface area contributed by atoms with Gasteiger partial charge in [0.2, 0.25) is 0 Å². The summed E-state index contributed by atoms with van der Waals surface area (Å²) in [4.78, 5) is 0. The highest BCUT2D eigenvalue weighted by molar-refractivity contribution is 5.09. The molecular weight excluding hydrogens is 158 g/mol. The van der Waals surface area contributed by atoms with Crippen molar-refractivity contribution in [3.63, 3.8) is 0 Å². The van der Waals surface area contributed by atoms with Crippen molar-refractivity contribution in [2.24, 2.45) is 23.5 Å². The molecule has 2 atom stereocenters. The summed E-state index contributed by atoms with van der Waals surface area (Å²) in [6, 6.07) is 0. The van der Waals surface area contributed by atoms with Crippen LogP contribution in [0.2, 0.25) is 0 Å². The van der Waals surface area contributed by atoms with Crippen LogP contribution in [0.4, 0.5) is 0 Å². The zero-order valence-corrected chi connectivity index (χ0v) is 8.47. The van der Waals surface area contributed by atoms with Gasteiger partial charge in [-0.3, -0.25) is 0 Å². The van der Waals surface area contributed by atoms with E-state index in [1.807, 2.05) is 0 Å². The van der Waals surface area contributed by atoms with Crippen LogP contribution in [-0.2, 0) is 0 Å². The molecule has 3 rings (SSSR count). The average molecular weight is 179 g/mol. The highest BCUT2D eigenvalue weighted by Gasteiger charge is 2.55. The standard InChI is InChI=1S/C12H21N/c13-12(6-2-1-3-7-12)11-8-10(11)9-4-5-9/h9-11H,1-8,13H2. The molecule has 3 fully saturated rings. The summed E-state index contributed by atoms with van der Waals surface area (Å²) in [5.74, 6) is 3.09. The molecular formula is C12H21N. The Balaban J connectivity index is 1.63. The molecule has 0 spiro atoms. The maximum Gasteiger partial charge on any atom is 0.0185 e. The SMILES string of the molecule is NC1(C2CC2C2CC2)CCCCC1. The maximum absolute atomic E-state index is 6.52. The van der Waals surface area contributed by atoms with Crippen LogP contribution in [0.1, 0.15) is 51.4 Å². The first kappa shape index (κ1) is 8.28. The predicted octanol–water partition coefficient (Wildman–Crippen LogP) is 2.69. The Bertz CT molecular complexity index is 201. The Labute approximate surface area is 81.1 Å². The van der Waals surface area contributed by atoms with E-state index < -0.39 is 0 Å². The summed E-state index contributed by atoms with van der Waals surface area (Å²) >= 11 is 0. The van der Waals surface area contributed by atoms with E-state index in [9.17, 15) is 0 Å². The second-order valence-electron chi connectivity index (χ2n) is 5.64. The minimum absolute atomic E-state index is 0.283. The van der Waals surface area contributed by atoms with E-state index in [2.05, 4.69) is 0 Å². The van der Waals surface area contributed by atoms with Gasteiger partial charge in [-0.15, -0.1) is 0 Å². The third-order valence-corrected chi connectivity index (χ3v) is 4.59. The van der Waals surface area contributed by atoms with Crippen LogP contribution in [0, 0.1) is 17.8 Å². The molecule has 74 valence electrons. The van der Waals surface area contributed by atoms with Gasteiger partial charge < -0.3 is 5.73 Å². The lowest BCUT2D eigenvalue weighted by atomic mass is 9.78. The molecule has 3 aliphatic carbocycles. The van der Waals surface area contributed by atoms with Gasteiger partial charge in [-0.05, 0) is 49.9 Å². The van der Waals surface area contributed by atoms with Crippen LogP contribution in [0.25, 0.3) is 0 Å². The topological polar surface area (TPSA) is 26.0 Å². The highest BCUT2D eigenvalue weighted by atomic mass is 14.8. The largest absolute Gasteiger partial charge is 0.325 e. The molecule has 0 radical (unpaired) electrons. The van der Waals surface area contributed by atoms with E-state index in [4.69, 9.17) is 5.73 Å². The zero-order valence-electron chi connectivity index (χ0n) is 8.47. The summed E-state index contributed by atoms with van der Waals surface area (Å²) in [5.41, 5.74) is 6.80. The normalized spacial score (nSPS) is 43.2. The highest BCUT2D eigenvalue weighted by Crippen LogP contribution is 2.59. The fourth-order valence-corrected chi connectivity index (χ4v) is 3.50. The molecule has 2 N–H and O–H groups in total. The van der Waals surface area contributed by atoms with Crippen LogP contribution >= 0.6 is 0 Å². The number of hydrogen-bond acceptors (Lipinski definition) is 1. The van der Waals surface area contributed by atoms with Gasteiger partial charge in [0.25, 0.3) is 0 Å². The van der Waals surface area contributed by atoms with Gasteiger partial charge in [0, 0.05) is 5.54 Å². The molecule has 0 aliphatic heterocycles. The Kier molecular flexibility index (Phi) is 1.74. The summed E-state index contributed by atoms with van der Waals surface area (Å²) in [7, 11) is 0. The van der Waals surface area contributed by atoms with Gasteiger partial charge in [0.05, 0.1) is 0 Å². The van der Waals surface area contributed by atoms with Crippen molar-refractivity contribution < 1.29 is 0 Å². The molecule has 1 heteroatoms. The third-order valence-electron chi connectivity index (χ3n) is 4.59. The lowest BCUT2D eigenvalue weighted by molar-refractivity contribution is 0.246. The molecule has 0 heterocycles. The van der Waals surface area contributed by atoms with E-state index in [-0.39, 0.29) is 5.54 Å². The molecule has 3 saturated carbocycles. The van der Waals surface area contributed by atoms with E-state index in [1.165, 1.54) is 51.4 Å². The second-order valence-corrected chi connectivity index (χ2v) is 5.64. The Morgan fingerprint density at radius 1 is 1.00 bits per heavy atom. The molecule has 0 amide bonds. The molecule has 3 aliphatic rings. The summed E-state index contributed by atoms with van der Waals surface area (Å²) < 4.78 is 0. The van der Waals surface area contributed by atoms with Gasteiger partial charge in [-0.1, -0.05) is 19.3 Å². The van der Waals surface area contributed by atoms with Gasteiger partial charge in [0.15, 0.2) is 0 Å². The van der Waals surface area contributed by atoms with Crippen LogP contribution in [0.3, 0.4) is 0 Å². The molecule has 0 aromatic heterocycles. The van der Waals surface area contributed by atoms with Crippen molar-refractivity contribution in [3.05, 3.63) is 0 Å². The molecule has 2 unspecified atom stereocenters. The van der Waals surface area contributed by atoms with Crippen molar-refractivity contribution in [3.8, 4) is 0 Å². The predicted molar refractivity (Wildman–Crippen MR) is 54.3 cm³/mol. The first-order chi connectivity index (χ1) is 6.30. The van der Waals surface area contributed by atoms with Gasteiger partial charge in [-0.25, -0.2) is 0 Å². The lowest BCUT2D eigenvalue weighted by Gasteiger charge is -2.34. The molecule has 0 aromatic carbocycles. The number of nitrogens with two attached hydrogens (primary N) is 1. The molecule has 0 saturated heterocycles. The number of rotatable bonds is 2. The summed E-state index contributed by atoms with van der Waals surface area (Å²) in [5, 5.41) is 0. The second kappa shape index (κ2) is 2.73. The molecule has 0 aromatic rings. The summed E-state index contributed by atoms with van der Waals surface area (Å²) in [6.45, 7) is 0. The van der Waals surface area contributed by atoms with E-state index in [0.29, 0.717) is 0 Å². The number of hydrogen-bond donors (Lipinski definition) is 1. The molecule has 1 nitrogen and oxygen atoms in total. The minimum Gasteiger partial charge on any atom is -0.325 e. The Hall–Kier alpha value is -0.0400. The monoisotopic (exact) mass is 179 g/mol. The third kappa shape index (κ3) is 1.41. The van der Waals surface area contributed by atoms with E-state index in [1.54, 1.807) is 0 Å². The van der Waals surface area contributed by atoms with E-state index in [0.717, 1.165) is 17.8 Å². The molecule has 0 bridgehead atoms. The maximum atomic E-state index is 6.52. The zero-order chi connectivity index (χ0) is 8.89. The van der Waals surface area contributed by atoms with Gasteiger partial charge in [-0.2, -0.15) is 0 Å². The smallest absolute Gasteiger partial charge is 0.0185 e. The van der Waals surface area contributed by atoms with Crippen LogP contribution in [-0.4, -0.2) is 5.54 Å². The summed E-state index contributed by atoms with van der Waals surface area (Å²) in [6.07, 6.45) is 11.4. The lowest BCUT2D eigenvalue weighted by Crippen LogP contribution is -2.44. The first-order valence-corrected chi connectivity index (χ1v) is 6.08.